The molecule has 13 aromatic rings. The standard InChI is InChI=1S/C73H37F3N8/c1-79-56-23-13-48(14-24-56)52-20-31-67-62(37-52)63-38-53(49-15-25-57(80-2)26-16-49)21-32-68(63)83(67)71-39-54(59-29-22-55(73(74,75)76)40-66(59)82-4)17-28-60(71)61-30-27-58(81-3)41-72(61)84-69-33-18-50(46-9-5-44(42-77)6-10-46)35-64(69)65-36-51(19-34-70(65)84)47-11-7-45(43-78)8-12-47/h5-41H. The first-order valence-electron chi connectivity index (χ1n) is 26.3. The van der Waals surface area contributed by atoms with Crippen molar-refractivity contribution in [2.45, 2.75) is 6.18 Å². The highest BCUT2D eigenvalue weighted by atomic mass is 19.4. The number of nitriles is 2. The molecule has 390 valence electrons. The van der Waals surface area contributed by atoms with E-state index < -0.39 is 11.7 Å². The van der Waals surface area contributed by atoms with Gasteiger partial charge in [-0.2, -0.15) is 23.7 Å². The van der Waals surface area contributed by atoms with E-state index in [-0.39, 0.29) is 5.69 Å². The molecule has 8 nitrogen and oxygen atoms in total. The fourth-order valence-electron chi connectivity index (χ4n) is 11.4. The number of alkyl halides is 3. The predicted molar refractivity (Wildman–Crippen MR) is 327 cm³/mol. The summed E-state index contributed by atoms with van der Waals surface area (Å²) < 4.78 is 47.1. The fraction of sp³-hybridized carbons (Fsp3) is 0.0137. The smallest absolute Gasteiger partial charge is 0.310 e. The van der Waals surface area contributed by atoms with Gasteiger partial charge in [-0.3, -0.25) is 0 Å². The van der Waals surface area contributed by atoms with Gasteiger partial charge < -0.3 is 9.13 Å². The number of hydrogen-bond donors (Lipinski definition) is 0. The van der Waals surface area contributed by atoms with Gasteiger partial charge in [0.15, 0.2) is 22.7 Å². The minimum absolute atomic E-state index is 0.165. The second-order valence-electron chi connectivity index (χ2n) is 20.2. The molecule has 0 saturated heterocycles. The SMILES string of the molecule is [C-]#[N+]c1ccc(-c2ccc3c(c2)c2cc(-c4ccc([N+]#[C-])cc4)ccc2n3-c2cc(-c3ccc(C(F)(F)F)cc3[N+]#[C-])ccc2-c2ccc([N+]#[C-])cc2-n2c3ccc(-c4ccc(C#N)cc4)cc3c3cc(-c4ccc(C#N)cc4)ccc32)cc1. The van der Waals surface area contributed by atoms with Gasteiger partial charge >= 0.3 is 6.18 Å². The van der Waals surface area contributed by atoms with Crippen molar-refractivity contribution in [3.8, 4) is 90.3 Å². The van der Waals surface area contributed by atoms with E-state index >= 15 is 0 Å². The van der Waals surface area contributed by atoms with Crippen molar-refractivity contribution < 1.29 is 13.2 Å². The van der Waals surface area contributed by atoms with E-state index in [2.05, 4.69) is 77.1 Å². The Balaban J connectivity index is 1.11. The van der Waals surface area contributed by atoms with E-state index in [0.29, 0.717) is 56.3 Å². The largest absolute Gasteiger partial charge is 0.415 e. The van der Waals surface area contributed by atoms with Gasteiger partial charge in [0.2, 0.25) is 0 Å². The van der Waals surface area contributed by atoms with Gasteiger partial charge in [0.05, 0.1) is 77.3 Å². The molecular formula is C73H37F3N8. The summed E-state index contributed by atoms with van der Waals surface area (Å²) in [7, 11) is 0. The molecule has 2 aromatic heterocycles. The molecule has 0 aliphatic rings. The normalized spacial score (nSPS) is 11.2. The third-order valence-corrected chi connectivity index (χ3v) is 15.5. The van der Waals surface area contributed by atoms with Crippen molar-refractivity contribution in [3.63, 3.8) is 0 Å². The maximum absolute atomic E-state index is 14.2. The zero-order valence-electron chi connectivity index (χ0n) is 44.1. The van der Waals surface area contributed by atoms with E-state index in [4.69, 9.17) is 26.3 Å². The molecule has 0 aliphatic carbocycles. The van der Waals surface area contributed by atoms with Gasteiger partial charge in [-0.25, -0.2) is 19.4 Å². The van der Waals surface area contributed by atoms with Crippen LogP contribution in [-0.2, 0) is 6.18 Å². The lowest BCUT2D eigenvalue weighted by molar-refractivity contribution is -0.137. The summed E-state index contributed by atoms with van der Waals surface area (Å²) in [4.78, 5) is 14.8. The van der Waals surface area contributed by atoms with Gasteiger partial charge in [-0.05, 0) is 147 Å². The van der Waals surface area contributed by atoms with Gasteiger partial charge in [0.25, 0.3) is 0 Å². The first kappa shape index (κ1) is 51.2. The van der Waals surface area contributed by atoms with Crippen LogP contribution < -0.4 is 0 Å². The molecular weight excluding hydrogens is 1050 g/mol. The molecule has 0 N–H and O–H groups in total. The van der Waals surface area contributed by atoms with Crippen LogP contribution in [0.15, 0.2) is 224 Å². The van der Waals surface area contributed by atoms with E-state index in [0.717, 1.165) is 106 Å². The van der Waals surface area contributed by atoms with Crippen LogP contribution in [0.4, 0.5) is 35.9 Å². The Hall–Kier alpha value is -12.3. The van der Waals surface area contributed by atoms with Gasteiger partial charge in [0.1, 0.15) is 0 Å². The average molecular weight is 1080 g/mol. The van der Waals surface area contributed by atoms with Crippen LogP contribution in [0.25, 0.3) is 141 Å². The lowest BCUT2D eigenvalue weighted by Crippen LogP contribution is -2.04. The molecule has 84 heavy (non-hydrogen) atoms. The average Bonchev–Trinajstić information content (AvgIpc) is 2.59. The van der Waals surface area contributed by atoms with Crippen LogP contribution in [0.2, 0.25) is 0 Å². The number of hydrogen-bond acceptors (Lipinski definition) is 2. The second-order valence-corrected chi connectivity index (χ2v) is 20.2. The zero-order chi connectivity index (χ0) is 57.8. The van der Waals surface area contributed by atoms with Crippen molar-refractivity contribution in [1.29, 1.82) is 10.5 Å². The fourth-order valence-corrected chi connectivity index (χ4v) is 11.4. The first-order chi connectivity index (χ1) is 40.9. The quantitative estimate of drug-likeness (QED) is 0.142. The van der Waals surface area contributed by atoms with Crippen LogP contribution >= 0.6 is 0 Å². The molecule has 0 spiro atoms. The topological polar surface area (TPSA) is 74.9 Å². The van der Waals surface area contributed by atoms with Crippen LogP contribution in [0.5, 0.6) is 0 Å². The van der Waals surface area contributed by atoms with Crippen LogP contribution in [-0.4, -0.2) is 9.13 Å². The number of fused-ring (bicyclic) bond motifs is 6. The van der Waals surface area contributed by atoms with E-state index in [9.17, 15) is 23.7 Å². The van der Waals surface area contributed by atoms with E-state index in [1.807, 2.05) is 115 Å². The molecule has 13 rings (SSSR count). The summed E-state index contributed by atoms with van der Waals surface area (Å²) in [6, 6.07) is 73.4. The lowest BCUT2D eigenvalue weighted by Gasteiger charge is -2.21. The van der Waals surface area contributed by atoms with Crippen molar-refractivity contribution >= 4 is 66.4 Å². The summed E-state index contributed by atoms with van der Waals surface area (Å²) in [6.07, 6.45) is -4.68. The van der Waals surface area contributed by atoms with E-state index in [1.54, 1.807) is 54.6 Å². The highest BCUT2D eigenvalue weighted by Gasteiger charge is 2.31. The van der Waals surface area contributed by atoms with E-state index in [1.165, 1.54) is 6.07 Å². The monoisotopic (exact) mass is 1080 g/mol. The molecule has 11 heteroatoms. The second kappa shape index (κ2) is 20.4. The van der Waals surface area contributed by atoms with Gasteiger partial charge in [-0.15, -0.1) is 0 Å². The molecule has 0 saturated carbocycles. The van der Waals surface area contributed by atoms with Crippen molar-refractivity contribution in [1.82, 2.24) is 9.13 Å². The minimum atomic E-state index is -4.68. The van der Waals surface area contributed by atoms with Gasteiger partial charge in [0, 0.05) is 43.9 Å². The molecule has 0 fully saturated rings. The molecule has 0 amide bonds. The van der Waals surface area contributed by atoms with Crippen LogP contribution in [0.1, 0.15) is 16.7 Å². The molecule has 0 radical (unpaired) electrons. The molecule has 0 unspecified atom stereocenters. The Labute approximate surface area is 480 Å². The summed E-state index contributed by atoms with van der Waals surface area (Å²) in [5.74, 6) is 0. The molecule has 0 bridgehead atoms. The van der Waals surface area contributed by atoms with Crippen molar-refractivity contribution in [3.05, 3.63) is 287 Å². The molecule has 2 heterocycles. The van der Waals surface area contributed by atoms with Crippen molar-refractivity contribution in [2.24, 2.45) is 0 Å². The highest BCUT2D eigenvalue weighted by molar-refractivity contribution is 6.14. The summed E-state index contributed by atoms with van der Waals surface area (Å²) >= 11 is 0. The molecule has 0 atom stereocenters. The van der Waals surface area contributed by atoms with Crippen molar-refractivity contribution in [2.75, 3.05) is 0 Å². The summed E-state index contributed by atoms with van der Waals surface area (Å²) in [5.41, 5.74) is 15.4. The third kappa shape index (κ3) is 8.87. The van der Waals surface area contributed by atoms with Crippen LogP contribution in [0, 0.1) is 49.0 Å². The Morgan fingerprint density at radius 3 is 1.02 bits per heavy atom. The first-order valence-corrected chi connectivity index (χ1v) is 26.3. The number of rotatable bonds is 8. The summed E-state index contributed by atoms with van der Waals surface area (Å²) in [5, 5.41) is 22.8. The Morgan fingerprint density at radius 2 is 0.655 bits per heavy atom. The number of aromatic nitrogens is 2. The number of nitrogens with zero attached hydrogens (tertiary/aromatic N) is 8. The zero-order valence-corrected chi connectivity index (χ0v) is 44.1. The maximum Gasteiger partial charge on any atom is 0.415 e. The maximum atomic E-state index is 14.2. The predicted octanol–water partition coefficient (Wildman–Crippen LogP) is 20.8. The Morgan fingerprint density at radius 1 is 0.321 bits per heavy atom. The minimum Gasteiger partial charge on any atom is -0.310 e. The highest BCUT2D eigenvalue weighted by Crippen LogP contribution is 2.47. The number of benzene rings is 11. The third-order valence-electron chi connectivity index (χ3n) is 15.5. The Kier molecular flexibility index (Phi) is 12.5. The van der Waals surface area contributed by atoms with Crippen LogP contribution in [0.3, 0.4) is 0 Å². The molecule has 11 aromatic carbocycles. The number of halogens is 3. The molecule has 0 aliphatic heterocycles. The summed E-state index contributed by atoms with van der Waals surface area (Å²) in [6.45, 7) is 31.7. The lowest BCUT2D eigenvalue weighted by atomic mass is 9.95. The van der Waals surface area contributed by atoms with Gasteiger partial charge in [-0.1, -0.05) is 133 Å². The Bertz CT molecular complexity index is 4930.